The monoisotopic (exact) mass is 1400 g/mol. The van der Waals surface area contributed by atoms with E-state index in [0.29, 0.717) is 43.0 Å². The van der Waals surface area contributed by atoms with Gasteiger partial charge in [-0.1, -0.05) is 80.3 Å². The van der Waals surface area contributed by atoms with Gasteiger partial charge in [0.05, 0.1) is 48.9 Å². The van der Waals surface area contributed by atoms with E-state index in [9.17, 15) is 23.6 Å². The lowest BCUT2D eigenvalue weighted by atomic mass is 9.77. The Morgan fingerprint density at radius 1 is 0.608 bits per heavy atom. The number of ether oxygens (including phenoxy) is 3. The summed E-state index contributed by atoms with van der Waals surface area (Å²) in [6.07, 6.45) is 11.9. The molecule has 4 aliphatic heterocycles. The number of nitrogens with one attached hydrogen (secondary N) is 5. The van der Waals surface area contributed by atoms with Gasteiger partial charge in [0.2, 0.25) is 11.8 Å². The molecular formula is C80H92F2N12O7Si. The minimum absolute atomic E-state index is 0.176. The number of aryl methyl sites for hydroxylation is 5. The Morgan fingerprint density at radius 2 is 1.07 bits per heavy atom. The number of anilines is 4. The average Bonchev–Trinajstić information content (AvgIpc) is 1.14. The number of fused-ring (bicyclic) bond motifs is 6. The maximum atomic E-state index is 15.1. The summed E-state index contributed by atoms with van der Waals surface area (Å²) in [5.74, 6) is -0.880. The van der Waals surface area contributed by atoms with Crippen LogP contribution in [0.5, 0.6) is 0 Å². The maximum Gasteiger partial charge on any atom is 0.258 e. The van der Waals surface area contributed by atoms with E-state index in [2.05, 4.69) is 114 Å². The lowest BCUT2D eigenvalue weighted by molar-refractivity contribution is -0.131. The minimum atomic E-state index is -1.91. The van der Waals surface area contributed by atoms with Gasteiger partial charge >= 0.3 is 0 Å². The third-order valence-corrected chi connectivity index (χ3v) is 24.0. The van der Waals surface area contributed by atoms with Crippen molar-refractivity contribution < 1.29 is 42.2 Å². The van der Waals surface area contributed by atoms with Gasteiger partial charge in [0.25, 0.3) is 11.8 Å². The molecule has 2 saturated carbocycles. The molecule has 8 atom stereocenters. The summed E-state index contributed by atoms with van der Waals surface area (Å²) in [5.41, 5.74) is 13.7. The fourth-order valence-electron chi connectivity index (χ4n) is 16.1. The number of hydrogen-bond acceptors (Lipinski definition) is 13. The second kappa shape index (κ2) is 28.0. The number of morpholine rings is 2. The van der Waals surface area contributed by atoms with Gasteiger partial charge in [-0.25, -0.2) is 23.4 Å². The van der Waals surface area contributed by atoms with Gasteiger partial charge in [0.1, 0.15) is 30.5 Å². The van der Waals surface area contributed by atoms with E-state index >= 15 is 4.39 Å². The topological polar surface area (TPSA) is 223 Å². The van der Waals surface area contributed by atoms with Gasteiger partial charge in [-0.2, -0.15) is 10.2 Å². The molecule has 4 aromatic carbocycles. The first-order valence-corrected chi connectivity index (χ1v) is 40.2. The van der Waals surface area contributed by atoms with Crippen LogP contribution in [0.25, 0.3) is 44.5 Å². The van der Waals surface area contributed by atoms with Gasteiger partial charge in [0, 0.05) is 85.9 Å². The van der Waals surface area contributed by atoms with E-state index in [0.717, 1.165) is 179 Å². The Hall–Kier alpha value is -8.96. The molecule has 4 amide bonds. The van der Waals surface area contributed by atoms with Crippen molar-refractivity contribution in [1.82, 2.24) is 40.6 Å². The number of alkyl halides is 2. The number of halogens is 2. The number of carbonyl (C=O) groups is 4. The number of carbonyl (C=O) groups excluding carboxylic acids is 4. The van der Waals surface area contributed by atoms with Crippen molar-refractivity contribution in [2.24, 2.45) is 0 Å². The van der Waals surface area contributed by atoms with Crippen molar-refractivity contribution in [3.8, 4) is 44.5 Å². The van der Waals surface area contributed by atoms with E-state index in [1.807, 2.05) is 105 Å². The summed E-state index contributed by atoms with van der Waals surface area (Å²) in [6, 6.07) is 36.3. The van der Waals surface area contributed by atoms with Crippen molar-refractivity contribution in [3.63, 3.8) is 0 Å². The third kappa shape index (κ3) is 14.4. The smallest absolute Gasteiger partial charge is 0.258 e. The van der Waals surface area contributed by atoms with E-state index < -0.39 is 43.3 Å². The molecule has 19 nitrogen and oxygen atoms in total. The van der Waals surface area contributed by atoms with Crippen LogP contribution >= 0.6 is 0 Å². The van der Waals surface area contributed by atoms with Crippen molar-refractivity contribution in [2.75, 3.05) is 53.3 Å². The Bertz CT molecular complexity index is 4470. The van der Waals surface area contributed by atoms with Crippen molar-refractivity contribution in [2.45, 2.75) is 197 Å². The molecule has 8 aliphatic rings. The molecule has 4 bridgehead atoms. The van der Waals surface area contributed by atoms with Crippen molar-refractivity contribution in [1.29, 1.82) is 0 Å². The first kappa shape index (κ1) is 68.8. The number of pyridine rings is 2. The fourth-order valence-corrected chi connectivity index (χ4v) is 16.9. The predicted octanol–water partition coefficient (Wildman–Crippen LogP) is 13.3. The van der Waals surface area contributed by atoms with E-state index in [1.54, 1.807) is 0 Å². The Balaban J connectivity index is 0.000000167. The van der Waals surface area contributed by atoms with E-state index in [-0.39, 0.29) is 61.5 Å². The molecule has 4 saturated heterocycles. The van der Waals surface area contributed by atoms with Crippen LogP contribution in [0.15, 0.2) is 122 Å². The summed E-state index contributed by atoms with van der Waals surface area (Å²) < 4.78 is 49.6. The molecule has 4 aliphatic carbocycles. The molecule has 4 aromatic heterocycles. The summed E-state index contributed by atoms with van der Waals surface area (Å²) in [6.45, 7) is 19.3. The molecule has 102 heavy (non-hydrogen) atoms. The molecule has 0 spiro atoms. The first-order chi connectivity index (χ1) is 49.1. The van der Waals surface area contributed by atoms with Gasteiger partial charge in [-0.05, 0) is 215 Å². The van der Waals surface area contributed by atoms with E-state index in [4.69, 9.17) is 24.3 Å². The molecule has 8 aromatic rings. The quantitative estimate of drug-likeness (QED) is 0.0334. The summed E-state index contributed by atoms with van der Waals surface area (Å²) >= 11 is 0. The zero-order valence-corrected chi connectivity index (χ0v) is 60.3. The van der Waals surface area contributed by atoms with Crippen LogP contribution in [-0.4, -0.2) is 142 Å². The number of H-pyrrole nitrogens is 1. The van der Waals surface area contributed by atoms with Crippen LogP contribution in [0.2, 0.25) is 25.7 Å². The van der Waals surface area contributed by atoms with Crippen LogP contribution < -0.4 is 31.1 Å². The van der Waals surface area contributed by atoms with E-state index in [1.165, 1.54) is 0 Å². The lowest BCUT2D eigenvalue weighted by Gasteiger charge is -2.33. The van der Waals surface area contributed by atoms with Gasteiger partial charge < -0.3 is 45.3 Å². The van der Waals surface area contributed by atoms with Gasteiger partial charge in [-0.3, -0.25) is 24.3 Å². The molecule has 22 heteroatoms. The average molecular weight is 1400 g/mol. The number of amides is 4. The molecule has 0 unspecified atom stereocenters. The molecule has 0 radical (unpaired) electrons. The van der Waals surface area contributed by atoms with Crippen LogP contribution in [0.1, 0.15) is 121 Å². The predicted molar refractivity (Wildman–Crippen MR) is 394 cm³/mol. The second-order valence-electron chi connectivity index (χ2n) is 30.8. The molecule has 532 valence electrons. The molecular weight excluding hydrogens is 1310 g/mol. The minimum Gasteiger partial charge on any atom is -0.374 e. The third-order valence-electron chi connectivity index (χ3n) is 22.3. The molecule has 8 heterocycles. The Morgan fingerprint density at radius 3 is 1.49 bits per heavy atom. The summed E-state index contributed by atoms with van der Waals surface area (Å²) in [7, 11) is -1.18. The number of aromatic nitrogens is 6. The van der Waals surface area contributed by atoms with Gasteiger partial charge in [-0.15, -0.1) is 0 Å². The number of aromatic amines is 1. The highest BCUT2D eigenvalue weighted by atomic mass is 28.3. The molecule has 6 fully saturated rings. The Labute approximate surface area is 595 Å². The number of rotatable bonds is 21. The number of nitrogens with zero attached hydrogens (tertiary/aromatic N) is 7. The molecule has 16 rings (SSSR count). The second-order valence-corrected chi connectivity index (χ2v) is 36.4. The maximum absolute atomic E-state index is 15.1. The SMILES string of the molecule is Cc1n[nH]c(C)c1-c1ccc(NC(=O)[C@@H](NC(=O)C2(F)CC2)[C@@H]2CCCc3ccc(-c4ccnc(N5C[C@@H]6C[C@H]5CO6)c4)cc32)cc1.Cc1nn(COCC[Si](C)(C)C)c(C)c1-c1ccc(NC(=O)[C@@H](NC(=O)C2(F)CC2)[C@@H]2CCCc3ccc(-c4ccnc(N5C[C@@H]6C[C@H]5CO6)c4)cc32)cc1. The van der Waals surface area contributed by atoms with Crippen LogP contribution in [0.4, 0.5) is 31.8 Å². The van der Waals surface area contributed by atoms with Gasteiger partial charge in [0.15, 0.2) is 11.3 Å². The standard InChI is InChI=1S/C43H53FN6O4Si.C37H39FN6O3/c1-27-39(28(2)50(48-27)26-53-19-20-55(3,4)5)30-11-13-33(14-12-30)46-41(51)40(47-42(52)43(44)16-17-43)36-8-6-7-29-9-10-31(21-37(29)36)32-15-18-45-38(22-32)49-24-35-23-34(49)25-54-35;1-21-33(22(2)43-42-21)24-8-10-27(11-9-24)40-35(45)34(41-36(46)37(38)13-14-37)30-5-3-4-23-6-7-25(16-31(23)30)26-12-15-39-32(17-26)44-19-29-18-28(44)20-47-29/h9-15,18,21-22,34-36,40H,6-8,16-17,19-20,23-26H2,1-5H3,(H,46,51)(H,47,52);6-12,15-17,28-30,34H,3-5,13-14,18-20H2,1-2H3,(H,40,45)(H,41,46)(H,42,43)/t34-,35-,36+,40-;28-,29-,30+,34-/m00/s1. The normalized spacial score (nSPS) is 22.2. The first-order valence-electron chi connectivity index (χ1n) is 36.5. The molecule has 5 N–H and O–H groups in total. The number of hydrogen-bond donors (Lipinski definition) is 5. The van der Waals surface area contributed by atoms with Crippen molar-refractivity contribution in [3.05, 3.63) is 167 Å². The zero-order chi connectivity index (χ0) is 70.8. The highest BCUT2D eigenvalue weighted by Gasteiger charge is 2.54. The van der Waals surface area contributed by atoms with Crippen LogP contribution in [-0.2, 0) is 53.0 Å². The fraction of sp³-hybridized carbons (Fsp3) is 0.450. The summed E-state index contributed by atoms with van der Waals surface area (Å²) in [5, 5.41) is 23.9. The van der Waals surface area contributed by atoms with Crippen LogP contribution in [0, 0.1) is 27.7 Å². The van der Waals surface area contributed by atoms with Crippen LogP contribution in [0.3, 0.4) is 0 Å². The zero-order valence-electron chi connectivity index (χ0n) is 59.3. The van der Waals surface area contributed by atoms with Crippen molar-refractivity contribution >= 4 is 54.7 Å². The highest BCUT2D eigenvalue weighted by Crippen LogP contribution is 2.45. The largest absolute Gasteiger partial charge is 0.374 e. The number of benzene rings is 4. The lowest BCUT2D eigenvalue weighted by Crippen LogP contribution is -2.51. The highest BCUT2D eigenvalue weighted by molar-refractivity contribution is 6.76. The Kier molecular flexibility index (Phi) is 18.9. The summed E-state index contributed by atoms with van der Waals surface area (Å²) in [4.78, 5) is 68.7.